The Morgan fingerprint density at radius 2 is 1.56 bits per heavy atom. The van der Waals surface area contributed by atoms with E-state index in [0.717, 1.165) is 69.8 Å². The zero-order chi connectivity index (χ0) is 21.2. The van der Waals surface area contributed by atoms with E-state index < -0.39 is 6.23 Å². The summed E-state index contributed by atoms with van der Waals surface area (Å²) in [5.41, 5.74) is 4.41. The molecule has 1 unspecified atom stereocenters. The highest BCUT2D eigenvalue weighted by atomic mass is 35.5. The van der Waals surface area contributed by atoms with Gasteiger partial charge < -0.3 is 14.9 Å². The van der Waals surface area contributed by atoms with Crippen LogP contribution in [0.1, 0.15) is 59.0 Å². The van der Waals surface area contributed by atoms with Crippen molar-refractivity contribution in [1.29, 1.82) is 0 Å². The minimum Gasteiger partial charge on any atom is -0.374 e. The molecule has 3 heterocycles. The molecule has 0 bridgehead atoms. The molecule has 32 heavy (non-hydrogen) atoms. The minimum absolute atomic E-state index is 0. The number of unbranched alkanes of at least 4 members (excludes halogenated alkanes) is 1. The second kappa shape index (κ2) is 10.3. The molecular formula is C26H34ClN3O2. The lowest BCUT2D eigenvalue weighted by atomic mass is 9.96. The molecule has 2 aromatic rings. The zero-order valence-corrected chi connectivity index (χ0v) is 19.5. The van der Waals surface area contributed by atoms with Gasteiger partial charge in [0, 0.05) is 31.7 Å². The minimum atomic E-state index is -0.436. The first-order chi connectivity index (χ1) is 15.2. The van der Waals surface area contributed by atoms with Gasteiger partial charge in [0.25, 0.3) is 5.91 Å². The molecular weight excluding hydrogens is 422 g/mol. The molecule has 0 aliphatic carbocycles. The molecule has 1 amide bonds. The molecule has 1 atom stereocenters. The van der Waals surface area contributed by atoms with Crippen molar-refractivity contribution >= 4 is 18.3 Å². The highest BCUT2D eigenvalue weighted by Crippen LogP contribution is 2.33. The number of fused-ring (bicyclic) bond motifs is 2. The average molecular weight is 456 g/mol. The lowest BCUT2D eigenvalue weighted by molar-refractivity contribution is -0.00380. The fraction of sp³-hybridized carbons (Fsp3) is 0.500. The first kappa shape index (κ1) is 23.2. The fourth-order valence-corrected chi connectivity index (χ4v) is 5.45. The van der Waals surface area contributed by atoms with Crippen molar-refractivity contribution in [2.24, 2.45) is 5.92 Å². The number of nitrogens with zero attached hydrogens (tertiary/aromatic N) is 3. The number of hydrogen-bond donors (Lipinski definition) is 1. The normalized spacial score (nSPS) is 21.5. The average Bonchev–Trinajstić information content (AvgIpc) is 3.29. The van der Waals surface area contributed by atoms with Crippen molar-refractivity contribution < 1.29 is 9.90 Å². The summed E-state index contributed by atoms with van der Waals surface area (Å²) < 4.78 is 0. The zero-order valence-electron chi connectivity index (χ0n) is 18.7. The number of aliphatic hydroxyl groups excluding tert-OH is 1. The highest BCUT2D eigenvalue weighted by molar-refractivity contribution is 5.98. The maximum atomic E-state index is 12.5. The van der Waals surface area contributed by atoms with Gasteiger partial charge in [-0.15, -0.1) is 12.4 Å². The van der Waals surface area contributed by atoms with Crippen LogP contribution in [0.5, 0.6) is 0 Å². The van der Waals surface area contributed by atoms with E-state index in [2.05, 4.69) is 34.1 Å². The predicted molar refractivity (Wildman–Crippen MR) is 129 cm³/mol. The number of carbonyl (C=O) groups excluding carboxylic acids is 1. The van der Waals surface area contributed by atoms with Crippen molar-refractivity contribution in [2.75, 3.05) is 32.7 Å². The molecule has 0 spiro atoms. The summed E-state index contributed by atoms with van der Waals surface area (Å²) in [4.78, 5) is 19.3. The number of piperidine rings is 1. The van der Waals surface area contributed by atoms with E-state index >= 15 is 0 Å². The van der Waals surface area contributed by atoms with Gasteiger partial charge in [-0.1, -0.05) is 42.5 Å². The number of halogens is 1. The quantitative estimate of drug-likeness (QED) is 0.639. The number of amides is 1. The highest BCUT2D eigenvalue weighted by Gasteiger charge is 2.31. The Labute approximate surface area is 197 Å². The lowest BCUT2D eigenvalue weighted by Gasteiger charge is -2.34. The van der Waals surface area contributed by atoms with Crippen LogP contribution < -0.4 is 0 Å². The SMILES string of the molecule is Cl.O=C1c2ccccc2CN1CCCCN1CCC(CN2Cc3ccccc3C2O)CC1. The molecule has 2 aromatic carbocycles. The third kappa shape index (κ3) is 4.86. The molecule has 0 saturated carbocycles. The number of likely N-dealkylation sites (tertiary alicyclic amines) is 1. The molecule has 3 aliphatic heterocycles. The Kier molecular flexibility index (Phi) is 7.51. The monoisotopic (exact) mass is 455 g/mol. The molecule has 1 fully saturated rings. The van der Waals surface area contributed by atoms with E-state index in [9.17, 15) is 9.90 Å². The Hall–Kier alpha value is -1.92. The Bertz CT molecular complexity index is 929. The summed E-state index contributed by atoms with van der Waals surface area (Å²) in [5, 5.41) is 10.6. The summed E-state index contributed by atoms with van der Waals surface area (Å²) >= 11 is 0. The van der Waals surface area contributed by atoms with Gasteiger partial charge in [0.05, 0.1) is 0 Å². The molecule has 5 rings (SSSR count). The largest absolute Gasteiger partial charge is 0.374 e. The van der Waals surface area contributed by atoms with Crippen LogP contribution in [0.4, 0.5) is 0 Å². The van der Waals surface area contributed by atoms with Crippen molar-refractivity contribution in [3.63, 3.8) is 0 Å². The lowest BCUT2D eigenvalue weighted by Crippen LogP contribution is -2.39. The number of benzene rings is 2. The topological polar surface area (TPSA) is 47.0 Å². The van der Waals surface area contributed by atoms with E-state index in [1.165, 1.54) is 24.0 Å². The van der Waals surface area contributed by atoms with Crippen molar-refractivity contribution in [3.05, 3.63) is 70.8 Å². The van der Waals surface area contributed by atoms with Crippen molar-refractivity contribution in [1.82, 2.24) is 14.7 Å². The second-order valence-electron chi connectivity index (χ2n) is 9.38. The number of rotatable bonds is 7. The van der Waals surface area contributed by atoms with Gasteiger partial charge in [-0.3, -0.25) is 9.69 Å². The summed E-state index contributed by atoms with van der Waals surface area (Å²) in [6.45, 7) is 6.91. The van der Waals surface area contributed by atoms with Crippen molar-refractivity contribution in [2.45, 2.75) is 45.0 Å². The van der Waals surface area contributed by atoms with Gasteiger partial charge in [0.15, 0.2) is 0 Å². The maximum Gasteiger partial charge on any atom is 0.254 e. The summed E-state index contributed by atoms with van der Waals surface area (Å²) in [6, 6.07) is 16.2. The van der Waals surface area contributed by atoms with Crippen LogP contribution in [-0.2, 0) is 13.1 Å². The van der Waals surface area contributed by atoms with E-state index in [1.54, 1.807) is 0 Å². The Balaban J connectivity index is 0.00000245. The molecule has 5 nitrogen and oxygen atoms in total. The van der Waals surface area contributed by atoms with Crippen LogP contribution in [0, 0.1) is 5.92 Å². The number of carbonyl (C=O) groups is 1. The summed E-state index contributed by atoms with van der Waals surface area (Å²) in [5.74, 6) is 0.864. The molecule has 0 aromatic heterocycles. The van der Waals surface area contributed by atoms with Gasteiger partial charge >= 0.3 is 0 Å². The maximum absolute atomic E-state index is 12.5. The Morgan fingerprint density at radius 3 is 2.31 bits per heavy atom. The van der Waals surface area contributed by atoms with E-state index in [0.29, 0.717) is 5.92 Å². The van der Waals surface area contributed by atoms with Crippen LogP contribution in [0.2, 0.25) is 0 Å². The Morgan fingerprint density at radius 1 is 0.875 bits per heavy atom. The van der Waals surface area contributed by atoms with Gasteiger partial charge in [0.1, 0.15) is 6.23 Å². The first-order valence-electron chi connectivity index (χ1n) is 11.8. The van der Waals surface area contributed by atoms with Crippen LogP contribution >= 0.6 is 12.4 Å². The van der Waals surface area contributed by atoms with Gasteiger partial charge in [0.2, 0.25) is 0 Å². The van der Waals surface area contributed by atoms with Crippen LogP contribution in [0.15, 0.2) is 48.5 Å². The molecule has 6 heteroatoms. The molecule has 172 valence electrons. The third-order valence-electron chi connectivity index (χ3n) is 7.30. The van der Waals surface area contributed by atoms with Crippen LogP contribution in [0.3, 0.4) is 0 Å². The number of hydrogen-bond acceptors (Lipinski definition) is 4. The van der Waals surface area contributed by atoms with E-state index in [4.69, 9.17) is 0 Å². The fourth-order valence-electron chi connectivity index (χ4n) is 5.45. The van der Waals surface area contributed by atoms with Gasteiger partial charge in [-0.25, -0.2) is 0 Å². The molecule has 0 radical (unpaired) electrons. The summed E-state index contributed by atoms with van der Waals surface area (Å²) in [7, 11) is 0. The third-order valence-corrected chi connectivity index (χ3v) is 7.30. The number of aliphatic hydroxyl groups is 1. The summed E-state index contributed by atoms with van der Waals surface area (Å²) in [6.07, 6.45) is 4.19. The van der Waals surface area contributed by atoms with E-state index in [1.807, 2.05) is 29.2 Å². The molecule has 1 N–H and O–H groups in total. The van der Waals surface area contributed by atoms with Crippen LogP contribution in [0.25, 0.3) is 0 Å². The predicted octanol–water partition coefficient (Wildman–Crippen LogP) is 4.06. The first-order valence-corrected chi connectivity index (χ1v) is 11.8. The second-order valence-corrected chi connectivity index (χ2v) is 9.38. The van der Waals surface area contributed by atoms with Crippen molar-refractivity contribution in [3.8, 4) is 0 Å². The molecule has 1 saturated heterocycles. The van der Waals surface area contributed by atoms with Gasteiger partial charge in [-0.2, -0.15) is 0 Å². The van der Waals surface area contributed by atoms with Crippen LogP contribution in [-0.4, -0.2) is 58.4 Å². The standard InChI is InChI=1S/C26H33N3O2.ClH/c30-25-23-9-3-1-7-21(23)18-28(25)14-6-5-13-27-15-11-20(12-16-27)17-29-19-22-8-2-4-10-24(22)26(29)31;/h1-4,7-10,20,26,31H,5-6,11-19H2;1H. The molecule has 3 aliphatic rings. The van der Waals surface area contributed by atoms with Gasteiger partial charge in [-0.05, 0) is 74.0 Å². The smallest absolute Gasteiger partial charge is 0.254 e. The van der Waals surface area contributed by atoms with E-state index in [-0.39, 0.29) is 18.3 Å².